The molecule has 0 radical (unpaired) electrons. The molecule has 0 aliphatic carbocycles. The molecule has 1 aliphatic heterocycles. The molecule has 78 valence electrons. The molecule has 0 amide bonds. The topological polar surface area (TPSA) is 61.5 Å². The summed E-state index contributed by atoms with van der Waals surface area (Å²) in [5.41, 5.74) is 1.11. The number of nitrogens with zero attached hydrogens (tertiary/aromatic N) is 3. The first kappa shape index (κ1) is 9.64. The molecular formula is C9H15N3O2. The molecular weight excluding hydrogens is 182 g/mol. The molecule has 2 atom stereocenters. The van der Waals surface area contributed by atoms with Gasteiger partial charge in [0.25, 0.3) is 0 Å². The van der Waals surface area contributed by atoms with E-state index in [4.69, 9.17) is 0 Å². The third-order valence-corrected chi connectivity index (χ3v) is 2.50. The Labute approximate surface area is 82.6 Å². The normalized spacial score (nSPS) is 28.5. The fourth-order valence-electron chi connectivity index (χ4n) is 1.79. The van der Waals surface area contributed by atoms with Crippen LogP contribution in [0.4, 0.5) is 0 Å². The maximum atomic E-state index is 9.34. The molecule has 5 heteroatoms. The Kier molecular flexibility index (Phi) is 2.54. The lowest BCUT2D eigenvalue weighted by atomic mass is 10.3. The Hall–Kier alpha value is -0.910. The van der Waals surface area contributed by atoms with Crippen molar-refractivity contribution in [3.05, 3.63) is 18.0 Å². The Balaban J connectivity index is 1.93. The number of likely N-dealkylation sites (tertiary alicyclic amines) is 1. The van der Waals surface area contributed by atoms with Gasteiger partial charge < -0.3 is 10.2 Å². The Bertz CT molecular complexity index is 303. The third-order valence-electron chi connectivity index (χ3n) is 2.50. The molecule has 5 nitrogen and oxygen atoms in total. The van der Waals surface area contributed by atoms with Gasteiger partial charge >= 0.3 is 0 Å². The first-order chi connectivity index (χ1) is 6.65. The second-order valence-corrected chi connectivity index (χ2v) is 3.85. The minimum Gasteiger partial charge on any atom is -0.389 e. The summed E-state index contributed by atoms with van der Waals surface area (Å²) < 4.78 is 1.75. The highest BCUT2D eigenvalue weighted by Gasteiger charge is 2.29. The number of aliphatic hydroxyl groups excluding tert-OH is 2. The maximum absolute atomic E-state index is 9.34. The monoisotopic (exact) mass is 197 g/mol. The van der Waals surface area contributed by atoms with Gasteiger partial charge in [-0.15, -0.1) is 0 Å². The zero-order valence-electron chi connectivity index (χ0n) is 8.17. The van der Waals surface area contributed by atoms with E-state index in [2.05, 4.69) is 5.10 Å². The van der Waals surface area contributed by atoms with Crippen LogP contribution in [0.1, 0.15) is 5.56 Å². The molecule has 0 saturated carbocycles. The van der Waals surface area contributed by atoms with Crippen molar-refractivity contribution in [2.24, 2.45) is 7.05 Å². The fraction of sp³-hybridized carbons (Fsp3) is 0.667. The molecule has 14 heavy (non-hydrogen) atoms. The van der Waals surface area contributed by atoms with E-state index in [0.717, 1.165) is 12.1 Å². The SMILES string of the molecule is Cn1cc(CN2CC(O)C(O)C2)cn1. The largest absolute Gasteiger partial charge is 0.389 e. The van der Waals surface area contributed by atoms with Crippen LogP contribution in [0.15, 0.2) is 12.4 Å². The Morgan fingerprint density at radius 3 is 2.57 bits per heavy atom. The molecule has 0 aromatic carbocycles. The molecule has 2 rings (SSSR count). The summed E-state index contributed by atoms with van der Waals surface area (Å²) in [5.74, 6) is 0. The highest BCUT2D eigenvalue weighted by molar-refractivity contribution is 5.04. The first-order valence-corrected chi connectivity index (χ1v) is 4.71. The molecule has 1 aromatic rings. The van der Waals surface area contributed by atoms with Crippen molar-refractivity contribution in [3.8, 4) is 0 Å². The third kappa shape index (κ3) is 1.95. The highest BCUT2D eigenvalue weighted by atomic mass is 16.3. The van der Waals surface area contributed by atoms with Gasteiger partial charge in [0, 0.05) is 38.4 Å². The van der Waals surface area contributed by atoms with Gasteiger partial charge in [0.1, 0.15) is 0 Å². The maximum Gasteiger partial charge on any atom is 0.0938 e. The van der Waals surface area contributed by atoms with Crippen LogP contribution in [0.25, 0.3) is 0 Å². The van der Waals surface area contributed by atoms with Crippen LogP contribution in [-0.4, -0.2) is 50.2 Å². The molecule has 2 unspecified atom stereocenters. The Morgan fingerprint density at radius 2 is 2.07 bits per heavy atom. The van der Waals surface area contributed by atoms with Crippen molar-refractivity contribution in [3.63, 3.8) is 0 Å². The van der Waals surface area contributed by atoms with Crippen LogP contribution in [0.3, 0.4) is 0 Å². The van der Waals surface area contributed by atoms with Gasteiger partial charge in [0.2, 0.25) is 0 Å². The molecule has 0 bridgehead atoms. The van der Waals surface area contributed by atoms with Crippen LogP contribution in [0.5, 0.6) is 0 Å². The summed E-state index contributed by atoms with van der Waals surface area (Å²) in [6, 6.07) is 0. The summed E-state index contributed by atoms with van der Waals surface area (Å²) in [6.07, 6.45) is 2.53. The molecule has 2 N–H and O–H groups in total. The quantitative estimate of drug-likeness (QED) is 0.635. The average Bonchev–Trinajstić information content (AvgIpc) is 2.62. The summed E-state index contributed by atoms with van der Waals surface area (Å²) in [6.45, 7) is 1.81. The second kappa shape index (κ2) is 3.68. The van der Waals surface area contributed by atoms with E-state index in [9.17, 15) is 10.2 Å². The van der Waals surface area contributed by atoms with Gasteiger partial charge in [-0.1, -0.05) is 0 Å². The number of hydrogen-bond donors (Lipinski definition) is 2. The van der Waals surface area contributed by atoms with Crippen LogP contribution in [-0.2, 0) is 13.6 Å². The summed E-state index contributed by atoms with van der Waals surface area (Å²) in [5, 5.41) is 22.7. The molecule has 2 heterocycles. The van der Waals surface area contributed by atoms with Crippen molar-refractivity contribution in [1.82, 2.24) is 14.7 Å². The van der Waals surface area contributed by atoms with Crippen LogP contribution in [0.2, 0.25) is 0 Å². The molecule has 1 saturated heterocycles. The van der Waals surface area contributed by atoms with E-state index >= 15 is 0 Å². The lowest BCUT2D eigenvalue weighted by molar-refractivity contribution is 0.0572. The predicted molar refractivity (Wildman–Crippen MR) is 50.5 cm³/mol. The lowest BCUT2D eigenvalue weighted by Gasteiger charge is -2.12. The smallest absolute Gasteiger partial charge is 0.0938 e. The van der Waals surface area contributed by atoms with Crippen molar-refractivity contribution in [2.45, 2.75) is 18.8 Å². The lowest BCUT2D eigenvalue weighted by Crippen LogP contribution is -2.22. The van der Waals surface area contributed by atoms with Crippen molar-refractivity contribution < 1.29 is 10.2 Å². The predicted octanol–water partition coefficient (Wildman–Crippen LogP) is -1.04. The molecule has 1 aliphatic rings. The molecule has 1 aromatic heterocycles. The number of β-amino-alcohol motifs (C(OH)–C–C–N with tert-alkyl or cyclic N) is 2. The minimum atomic E-state index is -0.605. The van der Waals surface area contributed by atoms with Gasteiger partial charge in [0.05, 0.1) is 18.4 Å². The number of aryl methyl sites for hydroxylation is 1. The van der Waals surface area contributed by atoms with E-state index in [1.807, 2.05) is 18.1 Å². The molecule has 1 fully saturated rings. The number of hydrogen-bond acceptors (Lipinski definition) is 4. The van der Waals surface area contributed by atoms with E-state index in [1.54, 1.807) is 10.9 Å². The van der Waals surface area contributed by atoms with Crippen LogP contribution in [0, 0.1) is 0 Å². The van der Waals surface area contributed by atoms with Crippen LogP contribution < -0.4 is 0 Å². The fourth-order valence-corrected chi connectivity index (χ4v) is 1.79. The van der Waals surface area contributed by atoms with Gasteiger partial charge in [0.15, 0.2) is 0 Å². The second-order valence-electron chi connectivity index (χ2n) is 3.85. The van der Waals surface area contributed by atoms with E-state index in [1.165, 1.54) is 0 Å². The Morgan fingerprint density at radius 1 is 1.43 bits per heavy atom. The van der Waals surface area contributed by atoms with Crippen molar-refractivity contribution in [1.29, 1.82) is 0 Å². The number of rotatable bonds is 2. The van der Waals surface area contributed by atoms with Crippen molar-refractivity contribution >= 4 is 0 Å². The van der Waals surface area contributed by atoms with E-state index < -0.39 is 12.2 Å². The summed E-state index contributed by atoms with van der Waals surface area (Å²) in [4.78, 5) is 2.02. The first-order valence-electron chi connectivity index (χ1n) is 4.71. The molecule has 0 spiro atoms. The van der Waals surface area contributed by atoms with Crippen molar-refractivity contribution in [2.75, 3.05) is 13.1 Å². The van der Waals surface area contributed by atoms with Gasteiger partial charge in [-0.25, -0.2) is 0 Å². The number of aromatic nitrogens is 2. The van der Waals surface area contributed by atoms with Gasteiger partial charge in [-0.05, 0) is 0 Å². The van der Waals surface area contributed by atoms with Crippen LogP contribution >= 0.6 is 0 Å². The highest BCUT2D eigenvalue weighted by Crippen LogP contribution is 2.13. The van der Waals surface area contributed by atoms with Gasteiger partial charge in [-0.2, -0.15) is 5.10 Å². The van der Waals surface area contributed by atoms with Gasteiger partial charge in [-0.3, -0.25) is 9.58 Å². The minimum absolute atomic E-state index is 0.538. The van der Waals surface area contributed by atoms with E-state index in [-0.39, 0.29) is 0 Å². The zero-order chi connectivity index (χ0) is 10.1. The average molecular weight is 197 g/mol. The summed E-state index contributed by atoms with van der Waals surface area (Å²) >= 11 is 0. The summed E-state index contributed by atoms with van der Waals surface area (Å²) in [7, 11) is 1.87. The number of aliphatic hydroxyl groups is 2. The van der Waals surface area contributed by atoms with E-state index in [0.29, 0.717) is 13.1 Å². The standard InChI is InChI=1S/C9H15N3O2/c1-11-3-7(2-10-11)4-12-5-8(13)9(14)6-12/h2-3,8-9,13-14H,4-6H2,1H3. The zero-order valence-corrected chi connectivity index (χ0v) is 8.17.